The smallest absolute Gasteiger partial charge is 0.125 e. The highest BCUT2D eigenvalue weighted by molar-refractivity contribution is 7.86. The van der Waals surface area contributed by atoms with Crippen LogP contribution in [0, 0.1) is 0 Å². The lowest BCUT2D eigenvalue weighted by Gasteiger charge is -2.18. The summed E-state index contributed by atoms with van der Waals surface area (Å²) in [6.45, 7) is 3.75. The Kier molecular flexibility index (Phi) is 4.11. The molecule has 0 aliphatic carbocycles. The standard InChI is InChI=1S/C13H14O3S.H3N/c1-9(2)11-8-7-10-5-3-4-6-12(10)13(11)17(14,15)16;/h3-9H,1-2H3,(H,14,15,16);1H3. The van der Waals surface area contributed by atoms with E-state index in [1.807, 2.05) is 26.0 Å². The maximum atomic E-state index is 11.4. The first kappa shape index (κ1) is 14.6. The van der Waals surface area contributed by atoms with E-state index in [-0.39, 0.29) is 17.0 Å². The van der Waals surface area contributed by atoms with Gasteiger partial charge in [0.1, 0.15) is 10.1 Å². The van der Waals surface area contributed by atoms with E-state index in [2.05, 4.69) is 0 Å². The molecular formula is C13H17NO3S. The third-order valence-electron chi connectivity index (χ3n) is 2.78. The Bertz CT molecular complexity index is 663. The van der Waals surface area contributed by atoms with E-state index in [1.54, 1.807) is 24.3 Å². The van der Waals surface area contributed by atoms with E-state index in [9.17, 15) is 13.0 Å². The second-order valence-electron chi connectivity index (χ2n) is 4.31. The minimum atomic E-state index is -4.46. The molecule has 2 aromatic carbocycles. The zero-order chi connectivity index (χ0) is 12.6. The largest absolute Gasteiger partial charge is 0.744 e. The molecule has 0 amide bonds. The van der Waals surface area contributed by atoms with Gasteiger partial charge < -0.3 is 10.7 Å². The molecule has 0 fully saturated rings. The quantitative estimate of drug-likeness (QED) is 0.846. The first-order valence-corrected chi connectivity index (χ1v) is 6.79. The van der Waals surface area contributed by atoms with Crippen molar-refractivity contribution in [3.63, 3.8) is 0 Å². The van der Waals surface area contributed by atoms with Crippen LogP contribution < -0.4 is 6.15 Å². The Labute approximate surface area is 107 Å². The van der Waals surface area contributed by atoms with Gasteiger partial charge in [-0.05, 0) is 22.3 Å². The molecule has 2 aromatic rings. The molecule has 0 aliphatic heterocycles. The summed E-state index contributed by atoms with van der Waals surface area (Å²) in [5.74, 6) is -0.00155. The summed E-state index contributed by atoms with van der Waals surface area (Å²) in [5, 5.41) is 1.28. The molecule has 18 heavy (non-hydrogen) atoms. The van der Waals surface area contributed by atoms with Gasteiger partial charge in [-0.2, -0.15) is 0 Å². The molecule has 0 saturated carbocycles. The molecule has 0 radical (unpaired) electrons. The Morgan fingerprint density at radius 1 is 1.06 bits per heavy atom. The van der Waals surface area contributed by atoms with Crippen LogP contribution in [0.3, 0.4) is 0 Å². The van der Waals surface area contributed by atoms with E-state index in [0.717, 1.165) is 5.39 Å². The minimum absolute atomic E-state index is 0. The molecule has 0 heterocycles. The number of rotatable bonds is 2. The SMILES string of the molecule is CC(C)c1ccc2ccccc2c1S(=O)(=O)[O-].[NH4+]. The molecule has 4 nitrogen and oxygen atoms in total. The highest BCUT2D eigenvalue weighted by Gasteiger charge is 2.15. The molecule has 0 spiro atoms. The van der Waals surface area contributed by atoms with E-state index in [1.165, 1.54) is 0 Å². The van der Waals surface area contributed by atoms with Gasteiger partial charge in [-0.25, -0.2) is 8.42 Å². The average molecular weight is 267 g/mol. The average Bonchev–Trinajstić information content (AvgIpc) is 2.26. The first-order chi connectivity index (χ1) is 7.91. The number of quaternary nitrogens is 1. The zero-order valence-corrected chi connectivity index (χ0v) is 11.5. The van der Waals surface area contributed by atoms with Crippen LogP contribution in [-0.4, -0.2) is 13.0 Å². The van der Waals surface area contributed by atoms with Crippen molar-refractivity contribution in [2.75, 3.05) is 0 Å². The summed E-state index contributed by atoms with van der Waals surface area (Å²) < 4.78 is 34.2. The Hall–Kier alpha value is -1.43. The van der Waals surface area contributed by atoms with Crippen LogP contribution in [0.25, 0.3) is 10.8 Å². The van der Waals surface area contributed by atoms with Crippen molar-refractivity contribution in [1.82, 2.24) is 6.15 Å². The van der Waals surface area contributed by atoms with Crippen molar-refractivity contribution in [3.05, 3.63) is 42.0 Å². The maximum absolute atomic E-state index is 11.4. The summed E-state index contributed by atoms with van der Waals surface area (Å²) >= 11 is 0. The second-order valence-corrected chi connectivity index (χ2v) is 5.63. The highest BCUT2D eigenvalue weighted by Crippen LogP contribution is 2.30. The third-order valence-corrected chi connectivity index (χ3v) is 3.74. The lowest BCUT2D eigenvalue weighted by atomic mass is 9.99. The Morgan fingerprint density at radius 3 is 2.22 bits per heavy atom. The molecule has 98 valence electrons. The van der Waals surface area contributed by atoms with Gasteiger partial charge in [0, 0.05) is 0 Å². The summed E-state index contributed by atoms with van der Waals surface area (Å²) in [7, 11) is -4.46. The van der Waals surface area contributed by atoms with Crippen molar-refractivity contribution in [3.8, 4) is 0 Å². The number of benzene rings is 2. The fourth-order valence-electron chi connectivity index (χ4n) is 1.99. The lowest BCUT2D eigenvalue weighted by molar-refractivity contribution is 0.462. The van der Waals surface area contributed by atoms with Gasteiger partial charge in [0.05, 0.1) is 4.90 Å². The van der Waals surface area contributed by atoms with Crippen LogP contribution >= 0.6 is 0 Å². The second kappa shape index (κ2) is 5.06. The van der Waals surface area contributed by atoms with E-state index in [0.29, 0.717) is 10.9 Å². The molecule has 0 bridgehead atoms. The maximum Gasteiger partial charge on any atom is 0.125 e. The van der Waals surface area contributed by atoms with Crippen LogP contribution in [-0.2, 0) is 10.1 Å². The first-order valence-electron chi connectivity index (χ1n) is 5.39. The van der Waals surface area contributed by atoms with Gasteiger partial charge in [0.2, 0.25) is 0 Å². The number of hydrogen-bond donors (Lipinski definition) is 1. The topological polar surface area (TPSA) is 93.7 Å². The Balaban J connectivity index is 0.00000162. The van der Waals surface area contributed by atoms with Crippen LogP contribution in [0.5, 0.6) is 0 Å². The minimum Gasteiger partial charge on any atom is -0.744 e. The Morgan fingerprint density at radius 2 is 1.67 bits per heavy atom. The zero-order valence-electron chi connectivity index (χ0n) is 10.7. The molecule has 2 rings (SSSR count). The number of fused-ring (bicyclic) bond motifs is 1. The predicted molar refractivity (Wildman–Crippen MR) is 72.0 cm³/mol. The number of hydrogen-bond acceptors (Lipinski definition) is 3. The monoisotopic (exact) mass is 267 g/mol. The van der Waals surface area contributed by atoms with Crippen molar-refractivity contribution >= 4 is 20.9 Å². The van der Waals surface area contributed by atoms with Gasteiger partial charge >= 0.3 is 0 Å². The van der Waals surface area contributed by atoms with Gasteiger partial charge in [-0.15, -0.1) is 0 Å². The fourth-order valence-corrected chi connectivity index (χ4v) is 3.04. The van der Waals surface area contributed by atoms with Crippen molar-refractivity contribution in [2.45, 2.75) is 24.7 Å². The van der Waals surface area contributed by atoms with Crippen LogP contribution in [0.2, 0.25) is 0 Å². The van der Waals surface area contributed by atoms with Gasteiger partial charge in [-0.1, -0.05) is 50.2 Å². The van der Waals surface area contributed by atoms with Crippen LogP contribution in [0.4, 0.5) is 0 Å². The summed E-state index contributed by atoms with van der Waals surface area (Å²) in [6.07, 6.45) is 0. The summed E-state index contributed by atoms with van der Waals surface area (Å²) in [5.41, 5.74) is 0.582. The van der Waals surface area contributed by atoms with E-state index >= 15 is 0 Å². The summed E-state index contributed by atoms with van der Waals surface area (Å²) in [4.78, 5) is -0.0781. The van der Waals surface area contributed by atoms with Crippen molar-refractivity contribution < 1.29 is 13.0 Å². The summed E-state index contributed by atoms with van der Waals surface area (Å²) in [6, 6.07) is 10.6. The van der Waals surface area contributed by atoms with Crippen molar-refractivity contribution in [2.24, 2.45) is 0 Å². The lowest BCUT2D eigenvalue weighted by Crippen LogP contribution is -2.05. The molecule has 0 atom stereocenters. The molecule has 0 aliphatic rings. The van der Waals surface area contributed by atoms with Gasteiger partial charge in [0.15, 0.2) is 0 Å². The molecule has 5 heteroatoms. The highest BCUT2D eigenvalue weighted by atomic mass is 32.2. The normalized spacial score (nSPS) is 11.6. The van der Waals surface area contributed by atoms with E-state index < -0.39 is 10.1 Å². The predicted octanol–water partition coefficient (Wildman–Crippen LogP) is 3.24. The fraction of sp³-hybridized carbons (Fsp3) is 0.231. The van der Waals surface area contributed by atoms with Crippen LogP contribution in [0.1, 0.15) is 25.3 Å². The van der Waals surface area contributed by atoms with Gasteiger partial charge in [0.25, 0.3) is 0 Å². The third kappa shape index (κ3) is 2.53. The van der Waals surface area contributed by atoms with Crippen molar-refractivity contribution in [1.29, 1.82) is 0 Å². The van der Waals surface area contributed by atoms with E-state index in [4.69, 9.17) is 0 Å². The molecule has 0 saturated heterocycles. The van der Waals surface area contributed by atoms with Gasteiger partial charge in [-0.3, -0.25) is 0 Å². The molecule has 4 N–H and O–H groups in total. The van der Waals surface area contributed by atoms with Crippen LogP contribution in [0.15, 0.2) is 41.3 Å². The molecule has 0 unspecified atom stereocenters. The molecule has 0 aromatic heterocycles. The molecular weight excluding hydrogens is 250 g/mol.